The quantitative estimate of drug-likeness (QED) is 0.506. The molecule has 0 radical (unpaired) electrons. The molecule has 0 nitrogen and oxygen atoms in total. The van der Waals surface area contributed by atoms with Crippen molar-refractivity contribution in [2.75, 3.05) is 0 Å². The average molecular weight is 254 g/mol. The molecule has 0 amide bonds. The summed E-state index contributed by atoms with van der Waals surface area (Å²) in [6.45, 7) is 14.2. The van der Waals surface area contributed by atoms with Crippen molar-refractivity contribution in [3.63, 3.8) is 0 Å². The average Bonchev–Trinajstić information content (AvgIpc) is 2.72. The third-order valence-electron chi connectivity index (χ3n) is 5.67. The van der Waals surface area contributed by atoms with Gasteiger partial charge in [-0.05, 0) is 75.7 Å². The number of rotatable bonds is 0. The summed E-state index contributed by atoms with van der Waals surface area (Å²) in [6.07, 6.45) is 5.03. The molecule has 0 saturated carbocycles. The number of hydrogen-bond donors (Lipinski definition) is 0. The van der Waals surface area contributed by atoms with Crippen LogP contribution in [0.3, 0.4) is 0 Å². The van der Waals surface area contributed by atoms with Gasteiger partial charge in [0.2, 0.25) is 0 Å². The van der Waals surface area contributed by atoms with Gasteiger partial charge in [-0.2, -0.15) is 0 Å². The van der Waals surface area contributed by atoms with Crippen molar-refractivity contribution in [1.29, 1.82) is 0 Å². The Kier molecular flexibility index (Phi) is 2.71. The molecule has 0 heteroatoms. The van der Waals surface area contributed by atoms with Crippen LogP contribution in [0.15, 0.2) is 44.6 Å². The van der Waals surface area contributed by atoms with E-state index >= 15 is 0 Å². The largest absolute Gasteiger partial charge is 0.0660 e. The minimum absolute atomic E-state index is 0.213. The molecule has 102 valence electrons. The Bertz CT molecular complexity index is 534. The Morgan fingerprint density at radius 3 is 1.42 bits per heavy atom. The van der Waals surface area contributed by atoms with E-state index < -0.39 is 0 Å². The summed E-state index contributed by atoms with van der Waals surface area (Å²) in [5.74, 6) is 0. The maximum absolute atomic E-state index is 2.45. The summed E-state index contributed by atoms with van der Waals surface area (Å²) in [5, 5.41) is 0. The van der Waals surface area contributed by atoms with Crippen LogP contribution in [0.25, 0.3) is 0 Å². The van der Waals surface area contributed by atoms with Gasteiger partial charge in [0.1, 0.15) is 0 Å². The Labute approximate surface area is 118 Å². The van der Waals surface area contributed by atoms with Crippen molar-refractivity contribution in [2.24, 2.45) is 5.41 Å². The molecule has 19 heavy (non-hydrogen) atoms. The first-order valence-electron chi connectivity index (χ1n) is 7.62. The zero-order valence-electron chi connectivity index (χ0n) is 13.3. The summed E-state index contributed by atoms with van der Waals surface area (Å²) in [4.78, 5) is 0. The third kappa shape index (κ3) is 1.65. The molecule has 3 aliphatic carbocycles. The maximum atomic E-state index is 2.45. The first-order valence-corrected chi connectivity index (χ1v) is 7.62. The van der Waals surface area contributed by atoms with Crippen LogP contribution in [0.2, 0.25) is 0 Å². The van der Waals surface area contributed by atoms with E-state index in [0.717, 1.165) is 0 Å². The fourth-order valence-corrected chi connectivity index (χ4v) is 4.71. The third-order valence-corrected chi connectivity index (χ3v) is 5.67. The van der Waals surface area contributed by atoms with E-state index in [9.17, 15) is 0 Å². The van der Waals surface area contributed by atoms with Crippen LogP contribution < -0.4 is 0 Å². The highest BCUT2D eigenvalue weighted by molar-refractivity contribution is 5.60. The molecule has 3 rings (SSSR count). The minimum atomic E-state index is 0.213. The second kappa shape index (κ2) is 3.98. The van der Waals surface area contributed by atoms with E-state index in [2.05, 4.69) is 41.5 Å². The second-order valence-corrected chi connectivity index (χ2v) is 7.25. The lowest BCUT2D eigenvalue weighted by molar-refractivity contribution is 0.548. The lowest BCUT2D eigenvalue weighted by Gasteiger charge is -2.32. The Morgan fingerprint density at radius 1 is 0.684 bits per heavy atom. The predicted molar refractivity (Wildman–Crippen MR) is 83.0 cm³/mol. The van der Waals surface area contributed by atoms with Gasteiger partial charge in [-0.3, -0.25) is 0 Å². The van der Waals surface area contributed by atoms with Crippen molar-refractivity contribution in [2.45, 2.75) is 67.2 Å². The smallest absolute Gasteiger partial charge is 0.0151 e. The van der Waals surface area contributed by atoms with Gasteiger partial charge in [-0.1, -0.05) is 36.1 Å². The molecule has 0 bridgehead atoms. The van der Waals surface area contributed by atoms with Crippen LogP contribution >= 0.6 is 0 Å². The van der Waals surface area contributed by atoms with Gasteiger partial charge in [0, 0.05) is 5.41 Å². The molecule has 0 heterocycles. The lowest BCUT2D eigenvalue weighted by Crippen LogP contribution is -2.19. The molecule has 0 saturated heterocycles. The van der Waals surface area contributed by atoms with E-state index in [-0.39, 0.29) is 5.41 Å². The maximum Gasteiger partial charge on any atom is 0.0151 e. The molecule has 0 unspecified atom stereocenters. The highest BCUT2D eigenvalue weighted by atomic mass is 14.4. The van der Waals surface area contributed by atoms with Gasteiger partial charge in [-0.25, -0.2) is 0 Å². The van der Waals surface area contributed by atoms with E-state index in [0.29, 0.717) is 0 Å². The fourth-order valence-electron chi connectivity index (χ4n) is 4.71. The summed E-state index contributed by atoms with van der Waals surface area (Å²) < 4.78 is 0. The summed E-state index contributed by atoms with van der Waals surface area (Å²) in [6, 6.07) is 0. The van der Waals surface area contributed by atoms with Crippen LogP contribution in [-0.4, -0.2) is 0 Å². The topological polar surface area (TPSA) is 0 Å². The number of hydrogen-bond acceptors (Lipinski definition) is 0. The standard InChI is InChI=1S/C19H26/c1-11-9-15-7-8-16-10-12(2)14(4)18(16)19(5,6)17(15)13(11)3/h7-10H2,1-6H3. The van der Waals surface area contributed by atoms with E-state index in [1.165, 1.54) is 25.7 Å². The van der Waals surface area contributed by atoms with Gasteiger partial charge in [-0.15, -0.1) is 0 Å². The van der Waals surface area contributed by atoms with Crippen LogP contribution in [0, 0.1) is 5.41 Å². The van der Waals surface area contributed by atoms with Gasteiger partial charge >= 0.3 is 0 Å². The molecule has 0 aromatic rings. The SMILES string of the molecule is CC1=C(C)C2=C(CCC3=C(C(C)=C(C)C3)C2(C)C)C1. The van der Waals surface area contributed by atoms with Crippen molar-refractivity contribution < 1.29 is 0 Å². The molecule has 0 aromatic heterocycles. The van der Waals surface area contributed by atoms with Crippen LogP contribution in [0.4, 0.5) is 0 Å². The zero-order valence-corrected chi connectivity index (χ0v) is 13.3. The van der Waals surface area contributed by atoms with Crippen molar-refractivity contribution in [1.82, 2.24) is 0 Å². The summed E-state index contributed by atoms with van der Waals surface area (Å²) in [7, 11) is 0. The fraction of sp³-hybridized carbons (Fsp3) is 0.579. The highest BCUT2D eigenvalue weighted by Crippen LogP contribution is 2.55. The number of allylic oxidation sites excluding steroid dienone is 8. The molecular weight excluding hydrogens is 228 g/mol. The van der Waals surface area contributed by atoms with Gasteiger partial charge in [0.25, 0.3) is 0 Å². The van der Waals surface area contributed by atoms with E-state index in [1.54, 1.807) is 44.6 Å². The second-order valence-electron chi connectivity index (χ2n) is 7.25. The summed E-state index contributed by atoms with van der Waals surface area (Å²) in [5.41, 5.74) is 13.3. The van der Waals surface area contributed by atoms with Crippen LogP contribution in [0.5, 0.6) is 0 Å². The van der Waals surface area contributed by atoms with E-state index in [1.807, 2.05) is 0 Å². The Morgan fingerprint density at radius 2 is 1.05 bits per heavy atom. The summed E-state index contributed by atoms with van der Waals surface area (Å²) >= 11 is 0. The minimum Gasteiger partial charge on any atom is -0.0660 e. The predicted octanol–water partition coefficient (Wildman–Crippen LogP) is 5.88. The first-order chi connectivity index (χ1) is 8.84. The zero-order chi connectivity index (χ0) is 13.9. The molecule has 0 aliphatic heterocycles. The van der Waals surface area contributed by atoms with Crippen LogP contribution in [-0.2, 0) is 0 Å². The molecular formula is C19H26. The highest BCUT2D eigenvalue weighted by Gasteiger charge is 2.40. The van der Waals surface area contributed by atoms with Gasteiger partial charge in [0.15, 0.2) is 0 Å². The molecule has 0 atom stereocenters. The van der Waals surface area contributed by atoms with Crippen molar-refractivity contribution in [3.05, 3.63) is 44.6 Å². The first kappa shape index (κ1) is 13.0. The molecule has 3 aliphatic rings. The van der Waals surface area contributed by atoms with Crippen molar-refractivity contribution in [3.8, 4) is 0 Å². The normalized spacial score (nSPS) is 26.2. The Balaban J connectivity index is 2.19. The Hall–Kier alpha value is -1.04. The lowest BCUT2D eigenvalue weighted by atomic mass is 9.72. The molecule has 0 aromatic carbocycles. The van der Waals surface area contributed by atoms with E-state index in [4.69, 9.17) is 0 Å². The van der Waals surface area contributed by atoms with Crippen LogP contribution in [0.1, 0.15) is 67.2 Å². The molecule has 0 spiro atoms. The van der Waals surface area contributed by atoms with Gasteiger partial charge < -0.3 is 0 Å². The molecule has 0 N–H and O–H groups in total. The van der Waals surface area contributed by atoms with Crippen molar-refractivity contribution >= 4 is 0 Å². The monoisotopic (exact) mass is 254 g/mol. The van der Waals surface area contributed by atoms with Gasteiger partial charge in [0.05, 0.1) is 0 Å². The molecule has 0 fully saturated rings.